The molecule has 3 rings (SSSR count). The fourth-order valence-electron chi connectivity index (χ4n) is 4.71. The molecule has 0 spiro atoms. The second kappa shape index (κ2) is 12.1. The molecule has 0 bridgehead atoms. The molecule has 30 heavy (non-hydrogen) atoms. The van der Waals surface area contributed by atoms with Crippen molar-refractivity contribution in [1.29, 1.82) is 0 Å². The van der Waals surface area contributed by atoms with Gasteiger partial charge in [0.25, 0.3) is 0 Å². The van der Waals surface area contributed by atoms with Crippen molar-refractivity contribution in [3.8, 4) is 5.75 Å². The Morgan fingerprint density at radius 2 is 1.93 bits per heavy atom. The fourth-order valence-corrected chi connectivity index (χ4v) is 4.71. The lowest BCUT2D eigenvalue weighted by atomic mass is 9.92. The minimum atomic E-state index is 0.239. The van der Waals surface area contributed by atoms with Gasteiger partial charge >= 0.3 is 0 Å². The summed E-state index contributed by atoms with van der Waals surface area (Å²) in [6, 6.07) is 8.70. The van der Waals surface area contributed by atoms with E-state index in [-0.39, 0.29) is 5.91 Å². The topological polar surface area (TPSA) is 44.8 Å². The third-order valence-electron chi connectivity index (χ3n) is 6.72. The first kappa shape index (κ1) is 22.8. The fraction of sp³-hybridized carbons (Fsp3) is 0.640. The molecule has 2 aliphatic heterocycles. The smallest absolute Gasteiger partial charge is 0.220 e. The summed E-state index contributed by atoms with van der Waals surface area (Å²) >= 11 is 0. The van der Waals surface area contributed by atoms with Crippen LogP contribution in [0.5, 0.6) is 5.75 Å². The number of piperidine rings is 1. The molecule has 5 nitrogen and oxygen atoms in total. The molecular formula is C25H39N3O2. The zero-order valence-electron chi connectivity index (χ0n) is 18.8. The van der Waals surface area contributed by atoms with Crippen molar-refractivity contribution < 1.29 is 9.53 Å². The Bertz CT molecular complexity index is 665. The Morgan fingerprint density at radius 3 is 2.63 bits per heavy atom. The SMILES string of the molecule is CCN1CCC[C@@H]1CNC(=O)CCC1CCN(C/C=C/c2ccc(OC)cc2)CC1. The number of carbonyl (C=O) groups excluding carboxylic acids is 1. The summed E-state index contributed by atoms with van der Waals surface area (Å²) in [4.78, 5) is 17.3. The van der Waals surface area contributed by atoms with Crippen molar-refractivity contribution >= 4 is 12.0 Å². The van der Waals surface area contributed by atoms with E-state index in [1.54, 1.807) is 7.11 Å². The van der Waals surface area contributed by atoms with Crippen LogP contribution in [0.2, 0.25) is 0 Å². The predicted molar refractivity (Wildman–Crippen MR) is 124 cm³/mol. The zero-order valence-corrected chi connectivity index (χ0v) is 18.8. The lowest BCUT2D eigenvalue weighted by Crippen LogP contribution is -2.40. The average Bonchev–Trinajstić information content (AvgIpc) is 3.25. The normalized spacial score (nSPS) is 21.3. The number of rotatable bonds is 10. The van der Waals surface area contributed by atoms with Gasteiger partial charge in [0.1, 0.15) is 5.75 Å². The molecule has 1 amide bonds. The van der Waals surface area contributed by atoms with Crippen molar-refractivity contribution in [3.63, 3.8) is 0 Å². The summed E-state index contributed by atoms with van der Waals surface area (Å²) in [5.41, 5.74) is 1.20. The first-order chi connectivity index (χ1) is 14.7. The number of nitrogens with zero attached hydrogens (tertiary/aromatic N) is 2. The number of likely N-dealkylation sites (N-methyl/N-ethyl adjacent to an activating group) is 1. The van der Waals surface area contributed by atoms with Gasteiger partial charge in [-0.15, -0.1) is 0 Å². The molecular weight excluding hydrogens is 374 g/mol. The standard InChI is InChI=1S/C25H39N3O2/c1-3-28-17-5-7-23(28)20-26-25(29)13-10-22-14-18-27(19-15-22)16-4-6-21-8-11-24(30-2)12-9-21/h4,6,8-9,11-12,22-23H,3,5,7,10,13-20H2,1-2H3,(H,26,29)/b6-4+/t23-/m1/s1. The van der Waals surface area contributed by atoms with Crippen LogP contribution in [0.3, 0.4) is 0 Å². The maximum absolute atomic E-state index is 12.3. The summed E-state index contributed by atoms with van der Waals surface area (Å²) in [5, 5.41) is 3.18. The van der Waals surface area contributed by atoms with Crippen molar-refractivity contribution in [3.05, 3.63) is 35.9 Å². The number of carbonyl (C=O) groups is 1. The van der Waals surface area contributed by atoms with Crippen molar-refractivity contribution in [2.45, 2.75) is 51.5 Å². The van der Waals surface area contributed by atoms with Crippen molar-refractivity contribution in [2.24, 2.45) is 5.92 Å². The third kappa shape index (κ3) is 7.13. The average molecular weight is 414 g/mol. The quantitative estimate of drug-likeness (QED) is 0.634. The number of hydrogen-bond acceptors (Lipinski definition) is 4. The summed E-state index contributed by atoms with van der Waals surface area (Å²) in [7, 11) is 1.69. The molecule has 0 unspecified atom stereocenters. The molecule has 2 saturated heterocycles. The highest BCUT2D eigenvalue weighted by Crippen LogP contribution is 2.22. The van der Waals surface area contributed by atoms with E-state index in [1.165, 1.54) is 37.8 Å². The van der Waals surface area contributed by atoms with Crippen LogP contribution in [-0.4, -0.2) is 68.1 Å². The molecule has 0 aromatic heterocycles. The molecule has 1 aromatic carbocycles. The van der Waals surface area contributed by atoms with Gasteiger partial charge in [0, 0.05) is 25.6 Å². The first-order valence-electron chi connectivity index (χ1n) is 11.7. The van der Waals surface area contributed by atoms with Gasteiger partial charge < -0.3 is 10.1 Å². The van der Waals surface area contributed by atoms with Gasteiger partial charge in [-0.3, -0.25) is 14.6 Å². The van der Waals surface area contributed by atoms with E-state index in [1.807, 2.05) is 12.1 Å². The highest BCUT2D eigenvalue weighted by Gasteiger charge is 2.23. The minimum Gasteiger partial charge on any atom is -0.497 e. The first-order valence-corrected chi connectivity index (χ1v) is 11.7. The molecule has 1 atom stereocenters. The monoisotopic (exact) mass is 413 g/mol. The maximum Gasteiger partial charge on any atom is 0.220 e. The Kier molecular flexibility index (Phi) is 9.22. The maximum atomic E-state index is 12.3. The Hall–Kier alpha value is -1.85. The van der Waals surface area contributed by atoms with Gasteiger partial charge in [-0.05, 0) is 81.9 Å². The van der Waals surface area contributed by atoms with Crippen LogP contribution in [-0.2, 0) is 4.79 Å². The number of benzene rings is 1. The van der Waals surface area contributed by atoms with E-state index in [0.29, 0.717) is 18.4 Å². The second-order valence-electron chi connectivity index (χ2n) is 8.69. The number of hydrogen-bond donors (Lipinski definition) is 1. The zero-order chi connectivity index (χ0) is 21.2. The van der Waals surface area contributed by atoms with E-state index in [2.05, 4.69) is 46.3 Å². The lowest BCUT2D eigenvalue weighted by molar-refractivity contribution is -0.121. The Morgan fingerprint density at radius 1 is 1.17 bits per heavy atom. The molecule has 166 valence electrons. The van der Waals surface area contributed by atoms with Crippen LogP contribution in [0.25, 0.3) is 6.08 Å². The Labute approximate surface area is 182 Å². The van der Waals surface area contributed by atoms with E-state index in [9.17, 15) is 4.79 Å². The number of nitrogens with one attached hydrogen (secondary N) is 1. The molecule has 1 N–H and O–H groups in total. The molecule has 0 radical (unpaired) electrons. The molecule has 0 aliphatic carbocycles. The van der Waals surface area contributed by atoms with Crippen LogP contribution in [0.4, 0.5) is 0 Å². The van der Waals surface area contributed by atoms with Gasteiger partial charge in [-0.2, -0.15) is 0 Å². The van der Waals surface area contributed by atoms with Gasteiger partial charge in [0.2, 0.25) is 5.91 Å². The number of likely N-dealkylation sites (tertiary alicyclic amines) is 2. The molecule has 2 heterocycles. The van der Waals surface area contributed by atoms with Crippen LogP contribution in [0.1, 0.15) is 51.0 Å². The Balaban J connectivity index is 1.27. The minimum absolute atomic E-state index is 0.239. The lowest BCUT2D eigenvalue weighted by Gasteiger charge is -2.31. The summed E-state index contributed by atoms with van der Waals surface area (Å²) in [6.45, 7) is 8.57. The van der Waals surface area contributed by atoms with E-state index in [4.69, 9.17) is 4.74 Å². The molecule has 2 fully saturated rings. The van der Waals surface area contributed by atoms with Gasteiger partial charge in [0.15, 0.2) is 0 Å². The predicted octanol–water partition coefficient (Wildman–Crippen LogP) is 3.80. The van der Waals surface area contributed by atoms with Crippen molar-refractivity contribution in [2.75, 3.05) is 46.4 Å². The number of amides is 1. The highest BCUT2D eigenvalue weighted by molar-refractivity contribution is 5.75. The number of methoxy groups -OCH3 is 1. The summed E-state index contributed by atoms with van der Waals surface area (Å²) in [5.74, 6) is 1.82. The summed E-state index contributed by atoms with van der Waals surface area (Å²) in [6.07, 6.45) is 11.0. The summed E-state index contributed by atoms with van der Waals surface area (Å²) < 4.78 is 5.20. The van der Waals surface area contributed by atoms with Crippen LogP contribution in [0, 0.1) is 5.92 Å². The highest BCUT2D eigenvalue weighted by atomic mass is 16.5. The molecule has 2 aliphatic rings. The van der Waals surface area contributed by atoms with Gasteiger partial charge in [-0.25, -0.2) is 0 Å². The van der Waals surface area contributed by atoms with Crippen LogP contribution in [0.15, 0.2) is 30.3 Å². The largest absolute Gasteiger partial charge is 0.497 e. The van der Waals surface area contributed by atoms with E-state index >= 15 is 0 Å². The van der Waals surface area contributed by atoms with Crippen LogP contribution >= 0.6 is 0 Å². The van der Waals surface area contributed by atoms with E-state index < -0.39 is 0 Å². The van der Waals surface area contributed by atoms with E-state index in [0.717, 1.165) is 44.9 Å². The van der Waals surface area contributed by atoms with Crippen LogP contribution < -0.4 is 10.1 Å². The second-order valence-corrected chi connectivity index (χ2v) is 8.69. The molecule has 0 saturated carbocycles. The molecule has 5 heteroatoms. The molecule has 1 aromatic rings. The van der Waals surface area contributed by atoms with Gasteiger partial charge in [0.05, 0.1) is 7.11 Å². The van der Waals surface area contributed by atoms with Crippen molar-refractivity contribution in [1.82, 2.24) is 15.1 Å². The number of ether oxygens (including phenoxy) is 1. The van der Waals surface area contributed by atoms with Gasteiger partial charge in [-0.1, -0.05) is 31.2 Å². The third-order valence-corrected chi connectivity index (χ3v) is 6.72.